The summed E-state index contributed by atoms with van der Waals surface area (Å²) in [6, 6.07) is 7.19. The third-order valence-corrected chi connectivity index (χ3v) is 6.22. The predicted molar refractivity (Wildman–Crippen MR) is 108 cm³/mol. The van der Waals surface area contributed by atoms with E-state index in [0.29, 0.717) is 10.6 Å². The Labute approximate surface area is 157 Å². The summed E-state index contributed by atoms with van der Waals surface area (Å²) < 4.78 is 28.8. The van der Waals surface area contributed by atoms with Gasteiger partial charge < -0.3 is 5.11 Å². The number of rotatable bonds is 5. The smallest absolute Gasteiger partial charge is 0.262 e. The Kier molecular flexibility index (Phi) is 5.71. The van der Waals surface area contributed by atoms with Crippen molar-refractivity contribution >= 4 is 15.7 Å². The van der Waals surface area contributed by atoms with Gasteiger partial charge in [-0.3, -0.25) is 4.72 Å². The lowest BCUT2D eigenvalue weighted by atomic mass is 9.93. The van der Waals surface area contributed by atoms with Gasteiger partial charge in [-0.25, -0.2) is 8.42 Å². The maximum Gasteiger partial charge on any atom is 0.262 e. The normalized spacial score (nSPS) is 12.0. The fourth-order valence-corrected chi connectivity index (χ4v) is 4.91. The number of phenolic OH excluding ortho intramolecular Hbond substituents is 1. The number of aromatic hydroxyl groups is 1. The van der Waals surface area contributed by atoms with Crippen molar-refractivity contribution in [3.8, 4) is 5.75 Å². The Morgan fingerprint density at radius 1 is 0.846 bits per heavy atom. The van der Waals surface area contributed by atoms with Crippen LogP contribution >= 0.6 is 0 Å². The van der Waals surface area contributed by atoms with Crippen LogP contribution in [0.4, 0.5) is 5.69 Å². The topological polar surface area (TPSA) is 66.4 Å². The summed E-state index contributed by atoms with van der Waals surface area (Å²) in [6.45, 7) is 13.5. The lowest BCUT2D eigenvalue weighted by molar-refractivity contribution is 0.454. The van der Waals surface area contributed by atoms with Gasteiger partial charge in [-0.1, -0.05) is 45.4 Å². The average Bonchev–Trinajstić information content (AvgIpc) is 2.46. The summed E-state index contributed by atoms with van der Waals surface area (Å²) in [4.78, 5) is 0.313. The molecule has 0 unspecified atom stereocenters. The van der Waals surface area contributed by atoms with E-state index in [0.717, 1.165) is 27.8 Å². The molecule has 0 saturated heterocycles. The molecule has 0 aliphatic rings. The molecular weight excluding hydrogens is 346 g/mol. The zero-order chi connectivity index (χ0) is 19.8. The van der Waals surface area contributed by atoms with E-state index < -0.39 is 10.0 Å². The first kappa shape index (κ1) is 20.3. The molecule has 142 valence electrons. The molecule has 2 aromatic rings. The molecule has 0 amide bonds. The summed E-state index contributed by atoms with van der Waals surface area (Å²) in [7, 11) is -3.72. The Morgan fingerprint density at radius 2 is 1.27 bits per heavy atom. The van der Waals surface area contributed by atoms with E-state index >= 15 is 0 Å². The molecule has 2 aromatic carbocycles. The molecule has 0 heterocycles. The van der Waals surface area contributed by atoms with Gasteiger partial charge in [0.15, 0.2) is 0 Å². The lowest BCUT2D eigenvalue weighted by Crippen LogP contribution is -2.16. The van der Waals surface area contributed by atoms with Crippen molar-refractivity contribution in [2.45, 2.75) is 65.2 Å². The SMILES string of the molecule is Cc1cc(C)c(S(=O)(=O)Nc2cc(C(C)C)c(O)c(C(C)C)c2)c(C)c1. The minimum atomic E-state index is -3.72. The summed E-state index contributed by atoms with van der Waals surface area (Å²) in [6.07, 6.45) is 0. The van der Waals surface area contributed by atoms with Crippen LogP contribution in [0.2, 0.25) is 0 Å². The van der Waals surface area contributed by atoms with Gasteiger partial charge in [0, 0.05) is 5.69 Å². The van der Waals surface area contributed by atoms with Crippen LogP contribution < -0.4 is 4.72 Å². The highest BCUT2D eigenvalue weighted by Crippen LogP contribution is 2.37. The second-order valence-electron chi connectivity index (χ2n) is 7.65. The number of hydrogen-bond acceptors (Lipinski definition) is 3. The summed E-state index contributed by atoms with van der Waals surface area (Å²) >= 11 is 0. The number of benzene rings is 2. The van der Waals surface area contributed by atoms with Gasteiger partial charge >= 0.3 is 0 Å². The summed E-state index contributed by atoms with van der Waals surface area (Å²) in [5.74, 6) is 0.417. The first-order valence-electron chi connectivity index (χ1n) is 8.91. The molecule has 2 rings (SSSR count). The summed E-state index contributed by atoms with van der Waals surface area (Å²) in [5.41, 5.74) is 4.45. The molecule has 0 atom stereocenters. The summed E-state index contributed by atoms with van der Waals surface area (Å²) in [5, 5.41) is 10.5. The van der Waals surface area contributed by atoms with E-state index in [1.54, 1.807) is 12.1 Å². The molecule has 5 heteroatoms. The third kappa shape index (κ3) is 4.04. The van der Waals surface area contributed by atoms with Crippen LogP contribution in [-0.2, 0) is 10.0 Å². The number of aryl methyl sites for hydroxylation is 3. The van der Waals surface area contributed by atoms with Crippen LogP contribution in [0.15, 0.2) is 29.2 Å². The van der Waals surface area contributed by atoms with Gasteiger partial charge in [0.25, 0.3) is 10.0 Å². The molecule has 0 spiro atoms. The van der Waals surface area contributed by atoms with Crippen molar-refractivity contribution in [1.29, 1.82) is 0 Å². The van der Waals surface area contributed by atoms with Crippen LogP contribution in [0.3, 0.4) is 0 Å². The van der Waals surface area contributed by atoms with Gasteiger partial charge in [0.1, 0.15) is 5.75 Å². The molecule has 0 bridgehead atoms. The van der Waals surface area contributed by atoms with E-state index in [1.807, 2.05) is 60.6 Å². The monoisotopic (exact) mass is 375 g/mol. The predicted octanol–water partition coefficient (Wildman–Crippen LogP) is 5.37. The molecule has 0 aromatic heterocycles. The first-order chi connectivity index (χ1) is 11.9. The molecule has 0 aliphatic carbocycles. The number of nitrogens with one attached hydrogen (secondary N) is 1. The van der Waals surface area contributed by atoms with Crippen LogP contribution in [0.5, 0.6) is 5.75 Å². The van der Waals surface area contributed by atoms with Crippen molar-refractivity contribution < 1.29 is 13.5 Å². The maximum absolute atomic E-state index is 13.0. The van der Waals surface area contributed by atoms with Gasteiger partial charge in [-0.2, -0.15) is 0 Å². The van der Waals surface area contributed by atoms with Gasteiger partial charge in [-0.15, -0.1) is 0 Å². The molecule has 4 nitrogen and oxygen atoms in total. The fourth-order valence-electron chi connectivity index (χ4n) is 3.42. The second-order valence-corrected chi connectivity index (χ2v) is 9.27. The molecule has 2 N–H and O–H groups in total. The Morgan fingerprint density at radius 3 is 1.65 bits per heavy atom. The first-order valence-corrected chi connectivity index (χ1v) is 10.4. The average molecular weight is 376 g/mol. The fraction of sp³-hybridized carbons (Fsp3) is 0.429. The highest BCUT2D eigenvalue weighted by Gasteiger charge is 2.22. The van der Waals surface area contributed by atoms with E-state index in [4.69, 9.17) is 0 Å². The van der Waals surface area contributed by atoms with Gasteiger partial charge in [0.2, 0.25) is 0 Å². The van der Waals surface area contributed by atoms with Crippen LogP contribution in [0, 0.1) is 20.8 Å². The van der Waals surface area contributed by atoms with Gasteiger partial charge in [-0.05, 0) is 67.0 Å². The van der Waals surface area contributed by atoms with Crippen LogP contribution in [-0.4, -0.2) is 13.5 Å². The molecule has 0 fully saturated rings. The third-order valence-electron chi connectivity index (χ3n) is 4.54. The zero-order valence-electron chi connectivity index (χ0n) is 16.6. The van der Waals surface area contributed by atoms with E-state index in [9.17, 15) is 13.5 Å². The Hall–Kier alpha value is -2.01. The Bertz CT molecular complexity index is 876. The minimum absolute atomic E-state index is 0.0831. The maximum atomic E-state index is 13.0. The molecule has 0 aliphatic heterocycles. The number of sulfonamides is 1. The number of phenols is 1. The molecule has 26 heavy (non-hydrogen) atoms. The van der Waals surface area contributed by atoms with E-state index in [2.05, 4.69) is 4.72 Å². The van der Waals surface area contributed by atoms with Crippen molar-refractivity contribution in [2.75, 3.05) is 4.72 Å². The highest BCUT2D eigenvalue weighted by molar-refractivity contribution is 7.92. The number of anilines is 1. The van der Waals surface area contributed by atoms with Crippen molar-refractivity contribution in [1.82, 2.24) is 0 Å². The second kappa shape index (κ2) is 7.31. The molecule has 0 radical (unpaired) electrons. The standard InChI is InChI=1S/C21H29NO3S/c1-12(2)18-10-17(11-19(13(3)4)20(18)23)22-26(24,25)21-15(6)8-14(5)9-16(21)7/h8-13,22-23H,1-7H3. The largest absolute Gasteiger partial charge is 0.507 e. The minimum Gasteiger partial charge on any atom is -0.507 e. The zero-order valence-corrected chi connectivity index (χ0v) is 17.5. The van der Waals surface area contributed by atoms with E-state index in [-0.39, 0.29) is 17.6 Å². The quantitative estimate of drug-likeness (QED) is 0.691. The van der Waals surface area contributed by atoms with Crippen LogP contribution in [0.1, 0.15) is 67.3 Å². The van der Waals surface area contributed by atoms with E-state index in [1.165, 1.54) is 0 Å². The Balaban J connectivity index is 2.57. The van der Waals surface area contributed by atoms with Crippen LogP contribution in [0.25, 0.3) is 0 Å². The van der Waals surface area contributed by atoms with Crippen molar-refractivity contribution in [2.24, 2.45) is 0 Å². The number of hydrogen-bond donors (Lipinski definition) is 2. The van der Waals surface area contributed by atoms with Crippen molar-refractivity contribution in [3.63, 3.8) is 0 Å². The molecular formula is C21H29NO3S. The van der Waals surface area contributed by atoms with Gasteiger partial charge in [0.05, 0.1) is 4.90 Å². The van der Waals surface area contributed by atoms with Crippen molar-refractivity contribution in [3.05, 3.63) is 52.1 Å². The highest BCUT2D eigenvalue weighted by atomic mass is 32.2. The lowest BCUT2D eigenvalue weighted by Gasteiger charge is -2.19. The molecule has 0 saturated carbocycles.